The summed E-state index contributed by atoms with van der Waals surface area (Å²) >= 11 is 0. The molecule has 2 aliphatic rings. The van der Waals surface area contributed by atoms with Gasteiger partial charge in [0, 0.05) is 25.2 Å². The molecule has 1 aromatic rings. The molecule has 0 N–H and O–H groups in total. The summed E-state index contributed by atoms with van der Waals surface area (Å²) in [6.45, 7) is 7.36. The Morgan fingerprint density at radius 3 is 2.86 bits per heavy atom. The number of rotatable bonds is 3. The molecule has 1 amide bonds. The standard InChI is InChI=1S/C17H24N2O2/c1-14-12-19(9-10-21-14)17(20)16-6-4-5-15(11-16)13-18-7-2-3-8-18/h4-6,11,14H,2-3,7-10,12-13H2,1H3. The summed E-state index contributed by atoms with van der Waals surface area (Å²) in [6, 6.07) is 8.11. The van der Waals surface area contributed by atoms with Crippen LogP contribution in [0.2, 0.25) is 0 Å². The third-order valence-corrected chi connectivity index (χ3v) is 4.31. The summed E-state index contributed by atoms with van der Waals surface area (Å²) in [4.78, 5) is 17.0. The molecule has 21 heavy (non-hydrogen) atoms. The van der Waals surface area contributed by atoms with Crippen molar-refractivity contribution in [2.75, 3.05) is 32.8 Å². The SMILES string of the molecule is CC1CN(C(=O)c2cccc(CN3CCCC3)c2)CCO1. The zero-order valence-electron chi connectivity index (χ0n) is 12.8. The Labute approximate surface area is 126 Å². The third kappa shape index (κ3) is 3.63. The molecule has 0 aliphatic carbocycles. The number of nitrogens with zero attached hydrogens (tertiary/aromatic N) is 2. The first kappa shape index (κ1) is 14.5. The molecule has 2 fully saturated rings. The van der Waals surface area contributed by atoms with Crippen LogP contribution in [0.3, 0.4) is 0 Å². The average Bonchev–Trinajstić information content (AvgIpc) is 3.00. The molecule has 0 spiro atoms. The molecule has 114 valence electrons. The quantitative estimate of drug-likeness (QED) is 0.854. The van der Waals surface area contributed by atoms with E-state index in [2.05, 4.69) is 17.0 Å². The first-order valence-electron chi connectivity index (χ1n) is 7.94. The molecule has 4 nitrogen and oxygen atoms in total. The monoisotopic (exact) mass is 288 g/mol. The fourth-order valence-corrected chi connectivity index (χ4v) is 3.19. The van der Waals surface area contributed by atoms with Crippen molar-refractivity contribution in [1.82, 2.24) is 9.80 Å². The number of hydrogen-bond acceptors (Lipinski definition) is 3. The van der Waals surface area contributed by atoms with Crippen LogP contribution < -0.4 is 0 Å². The minimum absolute atomic E-state index is 0.133. The zero-order chi connectivity index (χ0) is 14.7. The highest BCUT2D eigenvalue weighted by atomic mass is 16.5. The van der Waals surface area contributed by atoms with Gasteiger partial charge in [0.15, 0.2) is 0 Å². The van der Waals surface area contributed by atoms with Crippen LogP contribution in [0.1, 0.15) is 35.7 Å². The summed E-state index contributed by atoms with van der Waals surface area (Å²) in [5.41, 5.74) is 2.05. The number of hydrogen-bond donors (Lipinski definition) is 0. The van der Waals surface area contributed by atoms with Crippen molar-refractivity contribution in [1.29, 1.82) is 0 Å². The minimum atomic E-state index is 0.133. The normalized spacial score (nSPS) is 23.5. The van der Waals surface area contributed by atoms with Crippen LogP contribution in [-0.4, -0.2) is 54.6 Å². The first-order chi connectivity index (χ1) is 10.2. The lowest BCUT2D eigenvalue weighted by Gasteiger charge is -2.31. The lowest BCUT2D eigenvalue weighted by Crippen LogP contribution is -2.44. The second-order valence-electron chi connectivity index (χ2n) is 6.12. The van der Waals surface area contributed by atoms with E-state index in [9.17, 15) is 4.79 Å². The Morgan fingerprint density at radius 1 is 1.29 bits per heavy atom. The Morgan fingerprint density at radius 2 is 2.10 bits per heavy atom. The fraction of sp³-hybridized carbons (Fsp3) is 0.588. The molecule has 2 saturated heterocycles. The largest absolute Gasteiger partial charge is 0.375 e. The van der Waals surface area contributed by atoms with Crippen LogP contribution in [0.4, 0.5) is 0 Å². The summed E-state index contributed by atoms with van der Waals surface area (Å²) in [5.74, 6) is 0.133. The van der Waals surface area contributed by atoms with Crippen LogP contribution in [0.15, 0.2) is 24.3 Å². The number of carbonyl (C=O) groups excluding carboxylic acids is 1. The molecule has 0 aromatic heterocycles. The Balaban J connectivity index is 1.68. The van der Waals surface area contributed by atoms with Gasteiger partial charge in [-0.3, -0.25) is 9.69 Å². The molecule has 2 aliphatic heterocycles. The molecule has 0 radical (unpaired) electrons. The fourth-order valence-electron chi connectivity index (χ4n) is 3.19. The van der Waals surface area contributed by atoms with Gasteiger partial charge in [-0.1, -0.05) is 12.1 Å². The number of carbonyl (C=O) groups is 1. The Kier molecular flexibility index (Phi) is 4.56. The number of amides is 1. The Hall–Kier alpha value is -1.39. The maximum atomic E-state index is 12.6. The maximum Gasteiger partial charge on any atom is 0.254 e. The van der Waals surface area contributed by atoms with Crippen molar-refractivity contribution >= 4 is 5.91 Å². The zero-order valence-corrected chi connectivity index (χ0v) is 12.8. The van der Waals surface area contributed by atoms with Gasteiger partial charge in [0.05, 0.1) is 12.7 Å². The highest BCUT2D eigenvalue weighted by Gasteiger charge is 2.22. The molecule has 0 saturated carbocycles. The van der Waals surface area contributed by atoms with E-state index in [0.717, 1.165) is 12.1 Å². The van der Waals surface area contributed by atoms with E-state index in [4.69, 9.17) is 4.74 Å². The van der Waals surface area contributed by atoms with E-state index in [0.29, 0.717) is 19.7 Å². The molecule has 1 atom stereocenters. The third-order valence-electron chi connectivity index (χ3n) is 4.31. The van der Waals surface area contributed by atoms with Crippen LogP contribution in [0.25, 0.3) is 0 Å². The van der Waals surface area contributed by atoms with Crippen molar-refractivity contribution in [3.63, 3.8) is 0 Å². The van der Waals surface area contributed by atoms with Gasteiger partial charge in [-0.25, -0.2) is 0 Å². The van der Waals surface area contributed by atoms with Gasteiger partial charge in [-0.05, 0) is 50.6 Å². The summed E-state index contributed by atoms with van der Waals surface area (Å²) in [6.07, 6.45) is 2.73. The average molecular weight is 288 g/mol. The van der Waals surface area contributed by atoms with E-state index in [-0.39, 0.29) is 12.0 Å². The molecule has 0 bridgehead atoms. The van der Waals surface area contributed by atoms with E-state index in [1.54, 1.807) is 0 Å². The highest BCUT2D eigenvalue weighted by molar-refractivity contribution is 5.94. The van der Waals surface area contributed by atoms with Crippen molar-refractivity contribution in [3.05, 3.63) is 35.4 Å². The lowest BCUT2D eigenvalue weighted by molar-refractivity contribution is -0.0124. The van der Waals surface area contributed by atoms with E-state index >= 15 is 0 Å². The van der Waals surface area contributed by atoms with Gasteiger partial charge in [0.25, 0.3) is 5.91 Å². The van der Waals surface area contributed by atoms with E-state index in [1.165, 1.54) is 31.5 Å². The first-order valence-corrected chi connectivity index (χ1v) is 7.94. The highest BCUT2D eigenvalue weighted by Crippen LogP contribution is 2.16. The van der Waals surface area contributed by atoms with Crippen LogP contribution in [-0.2, 0) is 11.3 Å². The van der Waals surface area contributed by atoms with Gasteiger partial charge in [-0.2, -0.15) is 0 Å². The predicted molar refractivity (Wildman–Crippen MR) is 82.3 cm³/mol. The van der Waals surface area contributed by atoms with Crippen molar-refractivity contribution in [2.24, 2.45) is 0 Å². The van der Waals surface area contributed by atoms with Crippen LogP contribution in [0, 0.1) is 0 Å². The Bertz CT molecular complexity index is 497. The molecular weight excluding hydrogens is 264 g/mol. The molecular formula is C17H24N2O2. The van der Waals surface area contributed by atoms with Gasteiger partial charge in [0.1, 0.15) is 0 Å². The predicted octanol–water partition coefficient (Wildman–Crippen LogP) is 2.14. The molecule has 3 rings (SSSR count). The molecule has 4 heteroatoms. The topological polar surface area (TPSA) is 32.8 Å². The lowest BCUT2D eigenvalue weighted by atomic mass is 10.1. The number of benzene rings is 1. The second-order valence-corrected chi connectivity index (χ2v) is 6.12. The van der Waals surface area contributed by atoms with Gasteiger partial charge >= 0.3 is 0 Å². The van der Waals surface area contributed by atoms with Crippen LogP contribution in [0.5, 0.6) is 0 Å². The van der Waals surface area contributed by atoms with Crippen LogP contribution >= 0.6 is 0 Å². The minimum Gasteiger partial charge on any atom is -0.375 e. The summed E-state index contributed by atoms with van der Waals surface area (Å²) in [5, 5.41) is 0. The molecule has 1 aromatic carbocycles. The smallest absolute Gasteiger partial charge is 0.254 e. The van der Waals surface area contributed by atoms with Crippen molar-refractivity contribution in [3.8, 4) is 0 Å². The van der Waals surface area contributed by atoms with Crippen molar-refractivity contribution < 1.29 is 9.53 Å². The van der Waals surface area contributed by atoms with Gasteiger partial charge in [0.2, 0.25) is 0 Å². The van der Waals surface area contributed by atoms with Crippen molar-refractivity contribution in [2.45, 2.75) is 32.4 Å². The van der Waals surface area contributed by atoms with E-state index < -0.39 is 0 Å². The van der Waals surface area contributed by atoms with Gasteiger partial charge < -0.3 is 9.64 Å². The summed E-state index contributed by atoms with van der Waals surface area (Å²) < 4.78 is 5.51. The number of ether oxygens (including phenoxy) is 1. The number of likely N-dealkylation sites (tertiary alicyclic amines) is 1. The molecule has 1 unspecified atom stereocenters. The van der Waals surface area contributed by atoms with Gasteiger partial charge in [-0.15, -0.1) is 0 Å². The second kappa shape index (κ2) is 6.58. The maximum absolute atomic E-state index is 12.6. The summed E-state index contributed by atoms with van der Waals surface area (Å²) in [7, 11) is 0. The number of morpholine rings is 1. The van der Waals surface area contributed by atoms with E-state index in [1.807, 2.05) is 24.0 Å². The molecule has 2 heterocycles.